The van der Waals surface area contributed by atoms with Crippen LogP contribution in [0.25, 0.3) is 28.2 Å². The number of halogens is 2. The third-order valence-corrected chi connectivity index (χ3v) is 6.42. The minimum Gasteiger partial charge on any atom is -0.232 e. The Balaban J connectivity index is 1.96. The number of nitrogens with two attached hydrogens (primary N) is 1. The Kier molecular flexibility index (Phi) is 5.90. The van der Waals surface area contributed by atoms with Crippen LogP contribution in [0.15, 0.2) is 77.7 Å². The molecule has 1 aromatic heterocycles. The van der Waals surface area contributed by atoms with E-state index in [2.05, 4.69) is 6.92 Å². The van der Waals surface area contributed by atoms with E-state index in [1.165, 1.54) is 12.1 Å². The highest BCUT2D eigenvalue weighted by Crippen LogP contribution is 2.35. The van der Waals surface area contributed by atoms with Crippen molar-refractivity contribution in [2.75, 3.05) is 0 Å². The Morgan fingerprint density at radius 3 is 1.84 bits per heavy atom. The van der Waals surface area contributed by atoms with Crippen LogP contribution in [0.4, 0.5) is 0 Å². The van der Waals surface area contributed by atoms with Gasteiger partial charge in [-0.25, -0.2) is 18.2 Å². The van der Waals surface area contributed by atoms with E-state index in [0.717, 1.165) is 34.5 Å². The number of primary sulfonamides is 1. The number of rotatable bonds is 5. The first-order chi connectivity index (χ1) is 14.8. The van der Waals surface area contributed by atoms with Gasteiger partial charge in [0.15, 0.2) is 0 Å². The molecule has 0 spiro atoms. The Hall–Kier alpha value is -2.64. The van der Waals surface area contributed by atoms with Crippen molar-refractivity contribution < 1.29 is 8.42 Å². The minimum absolute atomic E-state index is 0.0464. The molecular weight excluding hydrogens is 453 g/mol. The van der Waals surface area contributed by atoms with Crippen molar-refractivity contribution in [2.45, 2.75) is 18.2 Å². The Morgan fingerprint density at radius 1 is 0.839 bits per heavy atom. The van der Waals surface area contributed by atoms with Crippen LogP contribution in [0.1, 0.15) is 12.5 Å². The lowest BCUT2D eigenvalue weighted by Gasteiger charge is -2.10. The van der Waals surface area contributed by atoms with E-state index in [1.807, 2.05) is 53.2 Å². The van der Waals surface area contributed by atoms with Crippen LogP contribution >= 0.6 is 23.2 Å². The molecule has 158 valence electrons. The molecule has 0 aliphatic heterocycles. The average molecular weight is 472 g/mol. The standard InChI is InChI=1S/C23H19Cl2N3O2S/c1-2-21-22(15-3-7-17(24)8-4-15)27-28(23(21)16-5-9-18(25)10-6-16)19-11-13-20(14-12-19)31(26,29)30/h3-14H,2H2,1H3,(H2,26,29,30). The number of aromatic nitrogens is 2. The largest absolute Gasteiger partial charge is 0.238 e. The molecule has 0 saturated heterocycles. The van der Waals surface area contributed by atoms with Crippen molar-refractivity contribution in [1.82, 2.24) is 9.78 Å². The number of benzene rings is 3. The van der Waals surface area contributed by atoms with Gasteiger partial charge in [-0.1, -0.05) is 54.4 Å². The van der Waals surface area contributed by atoms with Crippen LogP contribution in [0, 0.1) is 0 Å². The lowest BCUT2D eigenvalue weighted by Crippen LogP contribution is -2.12. The first kappa shape index (κ1) is 21.6. The molecule has 0 radical (unpaired) electrons. The van der Waals surface area contributed by atoms with Crippen LogP contribution in [0.2, 0.25) is 10.0 Å². The second-order valence-corrected chi connectivity index (χ2v) is 9.43. The lowest BCUT2D eigenvalue weighted by atomic mass is 10.00. The van der Waals surface area contributed by atoms with Gasteiger partial charge in [0, 0.05) is 26.7 Å². The predicted molar refractivity (Wildman–Crippen MR) is 125 cm³/mol. The van der Waals surface area contributed by atoms with Gasteiger partial charge in [0.1, 0.15) is 0 Å². The molecule has 0 unspecified atom stereocenters. The van der Waals surface area contributed by atoms with E-state index in [-0.39, 0.29) is 4.90 Å². The maximum atomic E-state index is 11.7. The molecule has 4 rings (SSSR count). The molecule has 4 aromatic rings. The van der Waals surface area contributed by atoms with Crippen LogP contribution in [0.5, 0.6) is 0 Å². The predicted octanol–water partition coefficient (Wildman–Crippen LogP) is 5.72. The quantitative estimate of drug-likeness (QED) is 0.403. The second-order valence-electron chi connectivity index (χ2n) is 6.99. The van der Waals surface area contributed by atoms with E-state index in [1.54, 1.807) is 12.1 Å². The molecule has 5 nitrogen and oxygen atoms in total. The maximum Gasteiger partial charge on any atom is 0.238 e. The van der Waals surface area contributed by atoms with Gasteiger partial charge in [0.05, 0.1) is 22.0 Å². The summed E-state index contributed by atoms with van der Waals surface area (Å²) in [5.41, 5.74) is 5.40. The molecule has 0 aliphatic carbocycles. The van der Waals surface area contributed by atoms with Gasteiger partial charge in [-0.3, -0.25) is 0 Å². The van der Waals surface area contributed by atoms with Crippen molar-refractivity contribution in [3.05, 3.63) is 88.4 Å². The van der Waals surface area contributed by atoms with Crippen molar-refractivity contribution in [3.8, 4) is 28.2 Å². The fourth-order valence-electron chi connectivity index (χ4n) is 3.49. The van der Waals surface area contributed by atoms with E-state index in [4.69, 9.17) is 33.4 Å². The molecule has 3 aromatic carbocycles. The monoisotopic (exact) mass is 471 g/mol. The smallest absolute Gasteiger partial charge is 0.232 e. The van der Waals surface area contributed by atoms with Gasteiger partial charge < -0.3 is 0 Å². The fourth-order valence-corrected chi connectivity index (χ4v) is 4.26. The van der Waals surface area contributed by atoms with E-state index in [9.17, 15) is 8.42 Å². The summed E-state index contributed by atoms with van der Waals surface area (Å²) >= 11 is 12.2. The molecule has 31 heavy (non-hydrogen) atoms. The second kappa shape index (κ2) is 8.48. The summed E-state index contributed by atoms with van der Waals surface area (Å²) < 4.78 is 25.1. The van der Waals surface area contributed by atoms with Crippen LogP contribution in [-0.4, -0.2) is 18.2 Å². The fraction of sp³-hybridized carbons (Fsp3) is 0.0870. The molecule has 0 atom stereocenters. The highest BCUT2D eigenvalue weighted by molar-refractivity contribution is 7.89. The molecule has 0 fully saturated rings. The zero-order chi connectivity index (χ0) is 22.2. The SMILES string of the molecule is CCc1c(-c2ccc(Cl)cc2)nn(-c2ccc(S(N)(=O)=O)cc2)c1-c1ccc(Cl)cc1. The number of hydrogen-bond donors (Lipinski definition) is 1. The molecule has 2 N–H and O–H groups in total. The van der Waals surface area contributed by atoms with Gasteiger partial charge >= 0.3 is 0 Å². The van der Waals surface area contributed by atoms with Crippen molar-refractivity contribution in [1.29, 1.82) is 0 Å². The zero-order valence-electron chi connectivity index (χ0n) is 16.6. The molecule has 1 heterocycles. The summed E-state index contributed by atoms with van der Waals surface area (Å²) in [5, 5.41) is 11.4. The highest BCUT2D eigenvalue weighted by atomic mass is 35.5. The summed E-state index contributed by atoms with van der Waals surface area (Å²) in [6.45, 7) is 2.07. The third kappa shape index (κ3) is 4.38. The van der Waals surface area contributed by atoms with Gasteiger partial charge in [-0.2, -0.15) is 5.10 Å². The van der Waals surface area contributed by atoms with Gasteiger partial charge in [0.25, 0.3) is 0 Å². The van der Waals surface area contributed by atoms with Gasteiger partial charge in [-0.05, 0) is 55.0 Å². The Labute approximate surface area is 191 Å². The summed E-state index contributed by atoms with van der Waals surface area (Å²) in [5.74, 6) is 0. The molecule has 0 bridgehead atoms. The summed E-state index contributed by atoms with van der Waals surface area (Å²) in [4.78, 5) is 0.0464. The molecule has 0 amide bonds. The number of sulfonamides is 1. The van der Waals surface area contributed by atoms with Crippen molar-refractivity contribution in [3.63, 3.8) is 0 Å². The van der Waals surface area contributed by atoms with Crippen LogP contribution in [-0.2, 0) is 16.4 Å². The van der Waals surface area contributed by atoms with Crippen molar-refractivity contribution >= 4 is 33.2 Å². The molecular formula is C23H19Cl2N3O2S. The lowest BCUT2D eigenvalue weighted by molar-refractivity contribution is 0.598. The molecule has 0 aliphatic rings. The van der Waals surface area contributed by atoms with Gasteiger partial charge in [-0.15, -0.1) is 0 Å². The topological polar surface area (TPSA) is 78.0 Å². The Bertz CT molecular complexity index is 1330. The van der Waals surface area contributed by atoms with E-state index < -0.39 is 10.0 Å². The number of nitrogens with zero attached hydrogens (tertiary/aromatic N) is 2. The first-order valence-corrected chi connectivity index (χ1v) is 11.8. The van der Waals surface area contributed by atoms with E-state index >= 15 is 0 Å². The van der Waals surface area contributed by atoms with E-state index in [0.29, 0.717) is 15.7 Å². The highest BCUT2D eigenvalue weighted by Gasteiger charge is 2.21. The number of hydrogen-bond acceptors (Lipinski definition) is 3. The van der Waals surface area contributed by atoms with Gasteiger partial charge in [0.2, 0.25) is 10.0 Å². The van der Waals surface area contributed by atoms with Crippen LogP contribution in [0.3, 0.4) is 0 Å². The maximum absolute atomic E-state index is 11.7. The first-order valence-electron chi connectivity index (χ1n) is 9.55. The minimum atomic E-state index is -3.78. The molecule has 8 heteroatoms. The average Bonchev–Trinajstić information content (AvgIpc) is 3.14. The van der Waals surface area contributed by atoms with Crippen LogP contribution < -0.4 is 5.14 Å². The summed E-state index contributed by atoms with van der Waals surface area (Å²) in [6, 6.07) is 21.4. The Morgan fingerprint density at radius 2 is 1.35 bits per heavy atom. The third-order valence-electron chi connectivity index (χ3n) is 4.98. The zero-order valence-corrected chi connectivity index (χ0v) is 18.9. The normalized spacial score (nSPS) is 11.6. The molecule has 0 saturated carbocycles. The summed E-state index contributed by atoms with van der Waals surface area (Å²) in [7, 11) is -3.78. The van der Waals surface area contributed by atoms with Crippen molar-refractivity contribution in [2.24, 2.45) is 5.14 Å². The summed E-state index contributed by atoms with van der Waals surface area (Å²) in [6.07, 6.45) is 0.741.